The second kappa shape index (κ2) is 6.12. The quantitative estimate of drug-likeness (QED) is 0.806. The molecule has 17 heavy (non-hydrogen) atoms. The number of hydrogen-bond donors (Lipinski definition) is 1. The van der Waals surface area contributed by atoms with Crippen LogP contribution in [-0.4, -0.2) is 35.1 Å². The van der Waals surface area contributed by atoms with Crippen molar-refractivity contribution in [3.8, 4) is 0 Å². The van der Waals surface area contributed by atoms with Gasteiger partial charge in [-0.2, -0.15) is 0 Å². The van der Waals surface area contributed by atoms with Crippen molar-refractivity contribution >= 4 is 0 Å². The lowest BCUT2D eigenvalue weighted by Gasteiger charge is -2.27. The molecule has 2 fully saturated rings. The van der Waals surface area contributed by atoms with E-state index in [4.69, 9.17) is 5.11 Å². The SMILES string of the molecule is CN1CC2CCC(C2)C1.OCc1ccncc1. The van der Waals surface area contributed by atoms with Gasteiger partial charge in [0.05, 0.1) is 6.61 Å². The van der Waals surface area contributed by atoms with Crippen molar-refractivity contribution in [2.24, 2.45) is 11.8 Å². The van der Waals surface area contributed by atoms with Gasteiger partial charge in [-0.25, -0.2) is 0 Å². The standard InChI is InChI=1S/C8H15N.C6H7NO/c1-9-5-7-2-3-8(4-7)6-9;8-5-6-1-3-7-4-2-6/h7-8H,2-6H2,1H3;1-4,8H,5H2. The Labute approximate surface area is 103 Å². The third-order valence-corrected chi connectivity index (χ3v) is 3.72. The molecule has 3 heteroatoms. The second-order valence-electron chi connectivity index (χ2n) is 5.28. The summed E-state index contributed by atoms with van der Waals surface area (Å²) in [6, 6.07) is 3.56. The average Bonchev–Trinajstić information content (AvgIpc) is 2.71. The van der Waals surface area contributed by atoms with E-state index in [2.05, 4.69) is 16.9 Å². The Bertz CT molecular complexity index is 316. The van der Waals surface area contributed by atoms with Crippen molar-refractivity contribution in [3.63, 3.8) is 0 Å². The van der Waals surface area contributed by atoms with Crippen LogP contribution >= 0.6 is 0 Å². The molecule has 3 rings (SSSR count). The number of nitrogens with zero attached hydrogens (tertiary/aromatic N) is 2. The molecule has 1 saturated heterocycles. The summed E-state index contributed by atoms with van der Waals surface area (Å²) in [7, 11) is 2.25. The molecule has 3 nitrogen and oxygen atoms in total. The lowest BCUT2D eigenvalue weighted by molar-refractivity contribution is 0.203. The Morgan fingerprint density at radius 3 is 2.29 bits per heavy atom. The highest BCUT2D eigenvalue weighted by molar-refractivity contribution is 5.07. The zero-order valence-electron chi connectivity index (χ0n) is 10.5. The van der Waals surface area contributed by atoms with Crippen molar-refractivity contribution in [3.05, 3.63) is 30.1 Å². The van der Waals surface area contributed by atoms with Gasteiger partial charge in [0.1, 0.15) is 0 Å². The highest BCUT2D eigenvalue weighted by Gasteiger charge is 2.30. The Morgan fingerprint density at radius 1 is 1.24 bits per heavy atom. The third-order valence-electron chi connectivity index (χ3n) is 3.72. The van der Waals surface area contributed by atoms with E-state index in [1.54, 1.807) is 24.5 Å². The lowest BCUT2D eigenvalue weighted by Crippen LogP contribution is -2.32. The maximum Gasteiger partial charge on any atom is 0.0682 e. The molecule has 1 aromatic heterocycles. The van der Waals surface area contributed by atoms with Gasteiger partial charge in [-0.05, 0) is 55.8 Å². The normalized spacial score (nSPS) is 27.4. The molecule has 0 amide bonds. The van der Waals surface area contributed by atoms with Crippen LogP contribution in [0.15, 0.2) is 24.5 Å². The molecular weight excluding hydrogens is 212 g/mol. The Kier molecular flexibility index (Phi) is 4.51. The van der Waals surface area contributed by atoms with Crippen LogP contribution in [-0.2, 0) is 6.61 Å². The van der Waals surface area contributed by atoms with E-state index >= 15 is 0 Å². The number of rotatable bonds is 1. The number of aliphatic hydroxyl groups excluding tert-OH is 1. The number of aromatic nitrogens is 1. The van der Waals surface area contributed by atoms with Gasteiger partial charge < -0.3 is 10.0 Å². The van der Waals surface area contributed by atoms with Crippen LogP contribution in [0.3, 0.4) is 0 Å². The average molecular weight is 234 g/mol. The Hall–Kier alpha value is -0.930. The molecule has 94 valence electrons. The first-order chi connectivity index (χ1) is 8.28. The largest absolute Gasteiger partial charge is 0.392 e. The van der Waals surface area contributed by atoms with Crippen LogP contribution < -0.4 is 0 Å². The van der Waals surface area contributed by atoms with Crippen LogP contribution in [0.1, 0.15) is 24.8 Å². The third kappa shape index (κ3) is 3.79. The molecule has 0 aromatic carbocycles. The fourth-order valence-electron chi connectivity index (χ4n) is 2.95. The van der Waals surface area contributed by atoms with Crippen molar-refractivity contribution in [1.82, 2.24) is 9.88 Å². The van der Waals surface area contributed by atoms with Crippen LogP contribution in [0.4, 0.5) is 0 Å². The summed E-state index contributed by atoms with van der Waals surface area (Å²) < 4.78 is 0. The fourth-order valence-corrected chi connectivity index (χ4v) is 2.95. The molecule has 0 spiro atoms. The minimum Gasteiger partial charge on any atom is -0.392 e. The number of likely N-dealkylation sites (tertiary alicyclic amines) is 1. The monoisotopic (exact) mass is 234 g/mol. The highest BCUT2D eigenvalue weighted by atomic mass is 16.3. The predicted octanol–water partition coefficient (Wildman–Crippen LogP) is 1.92. The molecule has 0 radical (unpaired) electrons. The second-order valence-corrected chi connectivity index (χ2v) is 5.28. The minimum absolute atomic E-state index is 0.0997. The zero-order chi connectivity index (χ0) is 12.1. The molecule has 1 N–H and O–H groups in total. The van der Waals surface area contributed by atoms with E-state index in [9.17, 15) is 0 Å². The van der Waals surface area contributed by atoms with E-state index in [0.29, 0.717) is 0 Å². The van der Waals surface area contributed by atoms with Crippen molar-refractivity contribution in [1.29, 1.82) is 0 Å². The summed E-state index contributed by atoms with van der Waals surface area (Å²) in [6.45, 7) is 2.84. The number of hydrogen-bond acceptors (Lipinski definition) is 3. The van der Waals surface area contributed by atoms with E-state index in [0.717, 1.165) is 17.4 Å². The molecule has 2 bridgehead atoms. The molecule has 1 aliphatic carbocycles. The molecule has 2 atom stereocenters. The van der Waals surface area contributed by atoms with E-state index in [-0.39, 0.29) is 6.61 Å². The van der Waals surface area contributed by atoms with Gasteiger partial charge in [0.2, 0.25) is 0 Å². The van der Waals surface area contributed by atoms with E-state index < -0.39 is 0 Å². The summed E-state index contributed by atoms with van der Waals surface area (Å²) in [6.07, 6.45) is 7.87. The summed E-state index contributed by atoms with van der Waals surface area (Å²) in [5.74, 6) is 2.13. The van der Waals surface area contributed by atoms with Gasteiger partial charge in [-0.3, -0.25) is 4.98 Å². The first-order valence-corrected chi connectivity index (χ1v) is 6.46. The molecule has 2 heterocycles. The first-order valence-electron chi connectivity index (χ1n) is 6.46. The molecular formula is C14H22N2O. The molecule has 1 aliphatic heterocycles. The van der Waals surface area contributed by atoms with Crippen LogP contribution in [0, 0.1) is 11.8 Å². The van der Waals surface area contributed by atoms with Gasteiger partial charge >= 0.3 is 0 Å². The number of pyridine rings is 1. The Balaban J connectivity index is 0.000000128. The summed E-state index contributed by atoms with van der Waals surface area (Å²) >= 11 is 0. The number of piperidine rings is 1. The zero-order valence-corrected chi connectivity index (χ0v) is 10.5. The summed E-state index contributed by atoms with van der Waals surface area (Å²) in [5.41, 5.74) is 0.903. The van der Waals surface area contributed by atoms with Crippen LogP contribution in [0.25, 0.3) is 0 Å². The van der Waals surface area contributed by atoms with Crippen molar-refractivity contribution in [2.75, 3.05) is 20.1 Å². The smallest absolute Gasteiger partial charge is 0.0682 e. The van der Waals surface area contributed by atoms with Crippen molar-refractivity contribution < 1.29 is 5.11 Å². The van der Waals surface area contributed by atoms with Gasteiger partial charge in [-0.1, -0.05) is 0 Å². The molecule has 1 saturated carbocycles. The van der Waals surface area contributed by atoms with Gasteiger partial charge in [-0.15, -0.1) is 0 Å². The van der Waals surface area contributed by atoms with Crippen LogP contribution in [0.2, 0.25) is 0 Å². The fraction of sp³-hybridized carbons (Fsp3) is 0.643. The number of aliphatic hydroxyl groups is 1. The summed E-state index contributed by atoms with van der Waals surface area (Å²) in [4.78, 5) is 6.27. The topological polar surface area (TPSA) is 36.4 Å². The maximum atomic E-state index is 8.51. The first kappa shape index (κ1) is 12.5. The molecule has 1 aromatic rings. The number of fused-ring (bicyclic) bond motifs is 2. The lowest BCUT2D eigenvalue weighted by atomic mass is 10.00. The predicted molar refractivity (Wildman–Crippen MR) is 68.5 cm³/mol. The molecule has 2 aliphatic rings. The summed E-state index contributed by atoms with van der Waals surface area (Å²) in [5, 5.41) is 8.51. The van der Waals surface area contributed by atoms with Gasteiger partial charge in [0.25, 0.3) is 0 Å². The van der Waals surface area contributed by atoms with Crippen molar-refractivity contribution in [2.45, 2.75) is 25.9 Å². The van der Waals surface area contributed by atoms with Gasteiger partial charge in [0, 0.05) is 25.5 Å². The maximum absolute atomic E-state index is 8.51. The van der Waals surface area contributed by atoms with E-state index in [1.165, 1.54) is 32.4 Å². The van der Waals surface area contributed by atoms with E-state index in [1.807, 2.05) is 0 Å². The van der Waals surface area contributed by atoms with Crippen LogP contribution in [0.5, 0.6) is 0 Å². The molecule has 2 unspecified atom stereocenters. The minimum atomic E-state index is 0.0997. The van der Waals surface area contributed by atoms with Gasteiger partial charge in [0.15, 0.2) is 0 Å². The Morgan fingerprint density at radius 2 is 1.82 bits per heavy atom. The highest BCUT2D eigenvalue weighted by Crippen LogP contribution is 2.35.